The molecule has 3 aliphatic heterocycles. The number of nitrogens with zero attached hydrogens (tertiary/aromatic N) is 4. The van der Waals surface area contributed by atoms with E-state index in [4.69, 9.17) is 19.4 Å². The number of aromatic nitrogens is 2. The number of likely N-dealkylation sites (tertiary alicyclic amines) is 1. The second-order valence-electron chi connectivity index (χ2n) is 6.93. The molecule has 1 aromatic heterocycles. The van der Waals surface area contributed by atoms with E-state index in [2.05, 4.69) is 23.6 Å². The summed E-state index contributed by atoms with van der Waals surface area (Å²) >= 11 is 0. The van der Waals surface area contributed by atoms with Crippen molar-refractivity contribution in [2.45, 2.75) is 32.3 Å². The van der Waals surface area contributed by atoms with Crippen molar-refractivity contribution in [3.05, 3.63) is 17.0 Å². The molecule has 0 N–H and O–H groups in total. The minimum atomic E-state index is 0.0539. The van der Waals surface area contributed by atoms with Gasteiger partial charge in [0.05, 0.1) is 37.5 Å². The summed E-state index contributed by atoms with van der Waals surface area (Å²) in [5.74, 6) is 0.876. The number of fused-ring (bicyclic) bond motifs is 2. The number of rotatable bonds is 2. The first-order valence-electron chi connectivity index (χ1n) is 8.73. The van der Waals surface area contributed by atoms with E-state index in [1.54, 1.807) is 0 Å². The summed E-state index contributed by atoms with van der Waals surface area (Å²) in [4.78, 5) is 14.6. The Morgan fingerprint density at radius 3 is 2.70 bits per heavy atom. The van der Waals surface area contributed by atoms with Crippen LogP contribution < -0.4 is 4.90 Å². The van der Waals surface area contributed by atoms with Crippen molar-refractivity contribution in [1.29, 1.82) is 0 Å². The van der Waals surface area contributed by atoms with Crippen LogP contribution in [0.4, 0.5) is 5.95 Å². The molecule has 1 atom stereocenters. The van der Waals surface area contributed by atoms with Gasteiger partial charge in [-0.15, -0.1) is 0 Å². The highest BCUT2D eigenvalue weighted by Gasteiger charge is 2.45. The van der Waals surface area contributed by atoms with Gasteiger partial charge >= 0.3 is 0 Å². The highest BCUT2D eigenvalue weighted by molar-refractivity contribution is 5.42. The summed E-state index contributed by atoms with van der Waals surface area (Å²) in [6, 6.07) is 0. The number of hydrogen-bond acceptors (Lipinski definition) is 6. The molecule has 3 aliphatic rings. The molecular formula is C17H26N4O2. The zero-order chi connectivity index (χ0) is 15.9. The third kappa shape index (κ3) is 2.62. The molecule has 126 valence electrons. The Morgan fingerprint density at radius 2 is 1.96 bits per heavy atom. The largest absolute Gasteiger partial charge is 0.378 e. The fourth-order valence-corrected chi connectivity index (χ4v) is 4.05. The van der Waals surface area contributed by atoms with Crippen LogP contribution >= 0.6 is 0 Å². The lowest BCUT2D eigenvalue weighted by Crippen LogP contribution is -2.42. The first kappa shape index (κ1) is 15.3. The van der Waals surface area contributed by atoms with E-state index in [-0.39, 0.29) is 5.41 Å². The van der Waals surface area contributed by atoms with Crippen molar-refractivity contribution in [2.24, 2.45) is 0 Å². The van der Waals surface area contributed by atoms with Crippen molar-refractivity contribution in [2.75, 3.05) is 57.4 Å². The van der Waals surface area contributed by atoms with Gasteiger partial charge in [0, 0.05) is 30.9 Å². The molecular weight excluding hydrogens is 292 g/mol. The van der Waals surface area contributed by atoms with Gasteiger partial charge in [-0.1, -0.05) is 6.92 Å². The Labute approximate surface area is 137 Å². The van der Waals surface area contributed by atoms with Crippen LogP contribution in [-0.2, 0) is 21.5 Å². The Morgan fingerprint density at radius 1 is 1.13 bits per heavy atom. The number of aryl methyl sites for hydroxylation is 1. The van der Waals surface area contributed by atoms with Gasteiger partial charge in [-0.3, -0.25) is 0 Å². The lowest BCUT2D eigenvalue weighted by atomic mass is 9.80. The predicted molar refractivity (Wildman–Crippen MR) is 87.9 cm³/mol. The predicted octanol–water partition coefficient (Wildman–Crippen LogP) is 1.12. The van der Waals surface area contributed by atoms with E-state index in [0.29, 0.717) is 6.61 Å². The molecule has 4 heterocycles. The maximum absolute atomic E-state index is 5.95. The molecule has 0 bridgehead atoms. The van der Waals surface area contributed by atoms with Crippen LogP contribution in [0.25, 0.3) is 0 Å². The molecule has 0 amide bonds. The number of anilines is 1. The van der Waals surface area contributed by atoms with Crippen LogP contribution in [0, 0.1) is 6.92 Å². The lowest BCUT2D eigenvalue weighted by Gasteiger charge is -2.36. The molecule has 1 aromatic rings. The van der Waals surface area contributed by atoms with Gasteiger partial charge in [0.1, 0.15) is 0 Å². The van der Waals surface area contributed by atoms with Gasteiger partial charge in [-0.05, 0) is 26.4 Å². The SMILES string of the molecule is CCN1CCC2(COCc3c(C)nc(N4CCOCC4)nc32)C1. The summed E-state index contributed by atoms with van der Waals surface area (Å²) in [6.07, 6.45) is 1.13. The smallest absolute Gasteiger partial charge is 0.225 e. The van der Waals surface area contributed by atoms with Crippen molar-refractivity contribution in [3.8, 4) is 0 Å². The average molecular weight is 318 g/mol. The van der Waals surface area contributed by atoms with Crippen LogP contribution in [-0.4, -0.2) is 67.4 Å². The van der Waals surface area contributed by atoms with Crippen molar-refractivity contribution < 1.29 is 9.47 Å². The summed E-state index contributed by atoms with van der Waals surface area (Å²) in [5, 5.41) is 0. The Balaban J connectivity index is 1.73. The number of hydrogen-bond donors (Lipinski definition) is 0. The van der Waals surface area contributed by atoms with Gasteiger partial charge in [0.2, 0.25) is 5.95 Å². The van der Waals surface area contributed by atoms with Crippen LogP contribution in [0.5, 0.6) is 0 Å². The minimum absolute atomic E-state index is 0.0539. The van der Waals surface area contributed by atoms with Gasteiger partial charge in [0.25, 0.3) is 0 Å². The third-order valence-corrected chi connectivity index (χ3v) is 5.50. The van der Waals surface area contributed by atoms with Gasteiger partial charge in [-0.25, -0.2) is 9.97 Å². The second-order valence-corrected chi connectivity index (χ2v) is 6.93. The van der Waals surface area contributed by atoms with E-state index in [9.17, 15) is 0 Å². The van der Waals surface area contributed by atoms with E-state index in [1.165, 1.54) is 11.3 Å². The van der Waals surface area contributed by atoms with E-state index < -0.39 is 0 Å². The fraction of sp³-hybridized carbons (Fsp3) is 0.765. The molecule has 1 unspecified atom stereocenters. The Kier molecular flexibility index (Phi) is 3.99. The zero-order valence-electron chi connectivity index (χ0n) is 14.2. The summed E-state index contributed by atoms with van der Waals surface area (Å²) in [7, 11) is 0. The topological polar surface area (TPSA) is 50.7 Å². The fourth-order valence-electron chi connectivity index (χ4n) is 4.05. The molecule has 6 nitrogen and oxygen atoms in total. The molecule has 6 heteroatoms. The molecule has 0 aromatic carbocycles. The maximum atomic E-state index is 5.95. The number of morpholine rings is 1. The van der Waals surface area contributed by atoms with Gasteiger partial charge in [-0.2, -0.15) is 0 Å². The molecule has 0 aliphatic carbocycles. The maximum Gasteiger partial charge on any atom is 0.225 e. The molecule has 4 rings (SSSR count). The first-order valence-corrected chi connectivity index (χ1v) is 8.73. The third-order valence-electron chi connectivity index (χ3n) is 5.50. The molecule has 2 saturated heterocycles. The van der Waals surface area contributed by atoms with Crippen molar-refractivity contribution in [3.63, 3.8) is 0 Å². The van der Waals surface area contributed by atoms with Crippen LogP contribution in [0.1, 0.15) is 30.3 Å². The highest BCUT2D eigenvalue weighted by Crippen LogP contribution is 2.40. The van der Waals surface area contributed by atoms with Crippen molar-refractivity contribution >= 4 is 5.95 Å². The highest BCUT2D eigenvalue weighted by atomic mass is 16.5. The standard InChI is InChI=1S/C17H26N4O2/c1-3-20-5-4-17(11-20)12-23-10-14-13(2)18-16(19-15(14)17)21-6-8-22-9-7-21/h3-12H2,1-2H3. The van der Waals surface area contributed by atoms with Crippen LogP contribution in [0.3, 0.4) is 0 Å². The van der Waals surface area contributed by atoms with E-state index in [1.807, 2.05) is 0 Å². The summed E-state index contributed by atoms with van der Waals surface area (Å²) in [6.45, 7) is 12.3. The second kappa shape index (κ2) is 6.00. The monoisotopic (exact) mass is 318 g/mol. The number of ether oxygens (including phenoxy) is 2. The molecule has 2 fully saturated rings. The van der Waals surface area contributed by atoms with Gasteiger partial charge in [0.15, 0.2) is 0 Å². The normalized spacial score (nSPS) is 28.3. The molecule has 1 spiro atoms. The Bertz CT molecular complexity index is 588. The summed E-state index contributed by atoms with van der Waals surface area (Å²) < 4.78 is 11.4. The molecule has 0 saturated carbocycles. The lowest BCUT2D eigenvalue weighted by molar-refractivity contribution is 0.0502. The van der Waals surface area contributed by atoms with Crippen LogP contribution in [0.2, 0.25) is 0 Å². The quantitative estimate of drug-likeness (QED) is 0.814. The minimum Gasteiger partial charge on any atom is -0.378 e. The van der Waals surface area contributed by atoms with E-state index in [0.717, 1.165) is 70.6 Å². The Hall–Kier alpha value is -1.24. The van der Waals surface area contributed by atoms with E-state index >= 15 is 0 Å². The molecule has 23 heavy (non-hydrogen) atoms. The van der Waals surface area contributed by atoms with Crippen molar-refractivity contribution in [1.82, 2.24) is 14.9 Å². The molecule has 0 radical (unpaired) electrons. The number of likely N-dealkylation sites (N-methyl/N-ethyl adjacent to an activating group) is 1. The zero-order valence-corrected chi connectivity index (χ0v) is 14.2. The first-order chi connectivity index (χ1) is 11.2. The average Bonchev–Trinajstić information content (AvgIpc) is 3.00. The summed E-state index contributed by atoms with van der Waals surface area (Å²) in [5.41, 5.74) is 3.59. The van der Waals surface area contributed by atoms with Gasteiger partial charge < -0.3 is 19.3 Å². The van der Waals surface area contributed by atoms with Crippen LogP contribution in [0.15, 0.2) is 0 Å².